The fourth-order valence-electron chi connectivity index (χ4n) is 1.17. The minimum absolute atomic E-state index is 0.291. The number of anilines is 1. The van der Waals surface area contributed by atoms with E-state index in [9.17, 15) is 21.6 Å². The third-order valence-electron chi connectivity index (χ3n) is 1.77. The number of nitrogens with one attached hydrogen (secondary N) is 1. The zero-order valence-corrected chi connectivity index (χ0v) is 10.5. The van der Waals surface area contributed by atoms with Gasteiger partial charge in [-0.1, -0.05) is 12.1 Å². The Kier molecular flexibility index (Phi) is 3.94. The predicted octanol–water partition coefficient (Wildman–Crippen LogP) is -0.840. The SMILES string of the molecule is NS(=O)(=O)c1ccccc1NS(=O)(=O)CC(=O)O. The van der Waals surface area contributed by atoms with Crippen molar-refractivity contribution in [3.63, 3.8) is 0 Å². The number of benzene rings is 1. The van der Waals surface area contributed by atoms with Gasteiger partial charge in [-0.3, -0.25) is 9.52 Å². The van der Waals surface area contributed by atoms with Crippen LogP contribution < -0.4 is 9.86 Å². The molecule has 0 fully saturated rings. The average Bonchev–Trinajstić information content (AvgIpc) is 2.13. The predicted molar refractivity (Wildman–Crippen MR) is 62.9 cm³/mol. The number of hydrogen-bond acceptors (Lipinski definition) is 5. The van der Waals surface area contributed by atoms with Crippen LogP contribution in [0.25, 0.3) is 0 Å². The number of rotatable bonds is 5. The van der Waals surface area contributed by atoms with Gasteiger partial charge in [0.15, 0.2) is 5.75 Å². The first-order valence-corrected chi connectivity index (χ1v) is 7.66. The molecule has 1 aromatic carbocycles. The summed E-state index contributed by atoms with van der Waals surface area (Å²) in [4.78, 5) is 9.89. The molecule has 0 bridgehead atoms. The number of hydrogen-bond donors (Lipinski definition) is 3. The molecule has 8 nitrogen and oxygen atoms in total. The summed E-state index contributed by atoms with van der Waals surface area (Å²) in [7, 11) is -8.29. The van der Waals surface area contributed by atoms with Gasteiger partial charge in [-0.15, -0.1) is 0 Å². The molecule has 0 amide bonds. The van der Waals surface area contributed by atoms with Crippen molar-refractivity contribution in [3.05, 3.63) is 24.3 Å². The minimum Gasteiger partial charge on any atom is -0.480 e. The molecule has 0 saturated carbocycles. The van der Waals surface area contributed by atoms with Crippen LogP contribution in [0.4, 0.5) is 5.69 Å². The van der Waals surface area contributed by atoms with Crippen LogP contribution in [-0.4, -0.2) is 33.7 Å². The van der Waals surface area contributed by atoms with Gasteiger partial charge in [-0.25, -0.2) is 22.0 Å². The minimum atomic E-state index is -4.19. The summed E-state index contributed by atoms with van der Waals surface area (Å²) in [5.74, 6) is -2.73. The molecule has 18 heavy (non-hydrogen) atoms. The zero-order valence-electron chi connectivity index (χ0n) is 8.90. The van der Waals surface area contributed by atoms with Gasteiger partial charge in [-0.05, 0) is 12.1 Å². The molecular weight excluding hydrogens is 284 g/mol. The summed E-state index contributed by atoms with van der Waals surface area (Å²) in [5.41, 5.74) is -0.291. The van der Waals surface area contributed by atoms with Gasteiger partial charge in [0.05, 0.1) is 5.69 Å². The van der Waals surface area contributed by atoms with Crippen LogP contribution in [0.2, 0.25) is 0 Å². The van der Waals surface area contributed by atoms with Gasteiger partial charge in [0.2, 0.25) is 20.0 Å². The maximum absolute atomic E-state index is 11.4. The van der Waals surface area contributed by atoms with Crippen molar-refractivity contribution in [3.8, 4) is 0 Å². The first-order chi connectivity index (χ1) is 8.12. The number of primary sulfonamides is 1. The van der Waals surface area contributed by atoms with Gasteiger partial charge in [0.1, 0.15) is 4.90 Å². The van der Waals surface area contributed by atoms with E-state index in [0.29, 0.717) is 0 Å². The van der Waals surface area contributed by atoms with Gasteiger partial charge < -0.3 is 5.11 Å². The highest BCUT2D eigenvalue weighted by atomic mass is 32.2. The fourth-order valence-corrected chi connectivity index (χ4v) is 2.83. The van der Waals surface area contributed by atoms with E-state index in [2.05, 4.69) is 0 Å². The standard InChI is InChI=1S/C8H10N2O6S2/c9-18(15,16)7-4-2-1-3-6(7)10-17(13,14)5-8(11)12/h1-4,10H,5H2,(H,11,12)(H2,9,15,16). The Balaban J connectivity index is 3.18. The number of aliphatic carboxylic acids is 1. The highest BCUT2D eigenvalue weighted by Gasteiger charge is 2.20. The second-order valence-corrected chi connectivity index (χ2v) is 6.55. The lowest BCUT2D eigenvalue weighted by Gasteiger charge is -2.09. The molecule has 100 valence electrons. The highest BCUT2D eigenvalue weighted by molar-refractivity contribution is 7.93. The number of carboxylic acid groups (broad SMARTS) is 1. The summed E-state index contributed by atoms with van der Waals surface area (Å²) in [6.45, 7) is 0. The van der Waals surface area contributed by atoms with E-state index in [1.54, 1.807) is 0 Å². The normalized spacial score (nSPS) is 12.1. The molecule has 0 saturated heterocycles. The van der Waals surface area contributed by atoms with E-state index >= 15 is 0 Å². The molecular formula is C8H10N2O6S2. The Bertz CT molecular complexity index is 665. The molecule has 0 atom stereocenters. The number of carboxylic acids is 1. The lowest BCUT2D eigenvalue weighted by Crippen LogP contribution is -2.24. The monoisotopic (exact) mass is 294 g/mol. The lowest BCUT2D eigenvalue weighted by molar-refractivity contribution is -0.134. The van der Waals surface area contributed by atoms with Crippen LogP contribution >= 0.6 is 0 Å². The summed E-state index contributed by atoms with van der Waals surface area (Å²) in [6, 6.07) is 5.01. The topological polar surface area (TPSA) is 144 Å². The quantitative estimate of drug-likeness (QED) is 0.646. The van der Waals surface area contributed by atoms with Crippen molar-refractivity contribution in [2.75, 3.05) is 10.5 Å². The first kappa shape index (κ1) is 14.4. The Morgan fingerprint density at radius 1 is 1.22 bits per heavy atom. The zero-order chi connectivity index (χ0) is 14.0. The number of sulfonamides is 2. The molecule has 1 rings (SSSR count). The van der Waals surface area contributed by atoms with Crippen LogP contribution in [0.3, 0.4) is 0 Å². The van der Waals surface area contributed by atoms with Crippen LogP contribution in [0.1, 0.15) is 0 Å². The fraction of sp³-hybridized carbons (Fsp3) is 0.125. The van der Waals surface area contributed by atoms with Gasteiger partial charge >= 0.3 is 5.97 Å². The van der Waals surface area contributed by atoms with Gasteiger partial charge in [-0.2, -0.15) is 0 Å². The maximum Gasteiger partial charge on any atom is 0.320 e. The summed E-state index contributed by atoms with van der Waals surface area (Å²) < 4.78 is 47.0. The van der Waals surface area contributed by atoms with E-state index in [-0.39, 0.29) is 5.69 Å². The van der Waals surface area contributed by atoms with Crippen LogP contribution in [0, 0.1) is 0 Å². The third-order valence-corrected chi connectivity index (χ3v) is 3.90. The molecule has 0 heterocycles. The summed E-state index contributed by atoms with van der Waals surface area (Å²) in [6.07, 6.45) is 0. The molecule has 0 spiro atoms. The van der Waals surface area contributed by atoms with Crippen molar-refractivity contribution in [2.45, 2.75) is 4.90 Å². The molecule has 0 aliphatic heterocycles. The smallest absolute Gasteiger partial charge is 0.320 e. The van der Waals surface area contributed by atoms with Crippen molar-refractivity contribution < 1.29 is 26.7 Å². The Morgan fingerprint density at radius 2 is 1.78 bits per heavy atom. The second kappa shape index (κ2) is 4.92. The van der Waals surface area contributed by atoms with Crippen molar-refractivity contribution in [1.82, 2.24) is 0 Å². The number of carbonyl (C=O) groups is 1. The Hall–Kier alpha value is -1.65. The van der Waals surface area contributed by atoms with Crippen molar-refractivity contribution in [2.24, 2.45) is 5.14 Å². The van der Waals surface area contributed by atoms with Crippen LogP contribution in [-0.2, 0) is 24.8 Å². The van der Waals surface area contributed by atoms with Crippen LogP contribution in [0.15, 0.2) is 29.2 Å². The van der Waals surface area contributed by atoms with E-state index in [1.165, 1.54) is 18.2 Å². The lowest BCUT2D eigenvalue weighted by atomic mass is 10.3. The molecule has 10 heteroatoms. The van der Waals surface area contributed by atoms with E-state index in [4.69, 9.17) is 10.2 Å². The molecule has 0 aliphatic carbocycles. The summed E-state index contributed by atoms with van der Waals surface area (Å²) >= 11 is 0. The van der Waals surface area contributed by atoms with Gasteiger partial charge in [0.25, 0.3) is 0 Å². The highest BCUT2D eigenvalue weighted by Crippen LogP contribution is 2.20. The summed E-state index contributed by atoms with van der Waals surface area (Å²) in [5, 5.41) is 13.3. The average molecular weight is 294 g/mol. The van der Waals surface area contributed by atoms with Crippen molar-refractivity contribution >= 4 is 31.7 Å². The first-order valence-electron chi connectivity index (χ1n) is 4.46. The maximum atomic E-state index is 11.4. The molecule has 0 radical (unpaired) electrons. The molecule has 1 aromatic rings. The van der Waals surface area contributed by atoms with Crippen LogP contribution in [0.5, 0.6) is 0 Å². The van der Waals surface area contributed by atoms with Gasteiger partial charge in [0, 0.05) is 0 Å². The number of nitrogens with two attached hydrogens (primary N) is 1. The molecule has 0 aromatic heterocycles. The Labute approximate surface area is 104 Å². The largest absolute Gasteiger partial charge is 0.480 e. The van der Waals surface area contributed by atoms with E-state index in [1.807, 2.05) is 4.72 Å². The second-order valence-electron chi connectivity index (χ2n) is 3.30. The molecule has 0 unspecified atom stereocenters. The van der Waals surface area contributed by atoms with E-state index in [0.717, 1.165) is 6.07 Å². The van der Waals surface area contributed by atoms with Crippen molar-refractivity contribution in [1.29, 1.82) is 0 Å². The Morgan fingerprint density at radius 3 is 2.28 bits per heavy atom. The molecule has 0 aliphatic rings. The third kappa shape index (κ3) is 3.98. The molecule has 4 N–H and O–H groups in total. The van der Waals surface area contributed by atoms with E-state index < -0.39 is 36.7 Å². The number of para-hydroxylation sites is 1.